The Morgan fingerprint density at radius 2 is 1.84 bits per heavy atom. The van der Waals surface area contributed by atoms with Crippen LogP contribution in [0.5, 0.6) is 5.75 Å². The predicted molar refractivity (Wildman–Crippen MR) is 117 cm³/mol. The molecule has 0 saturated carbocycles. The number of anilines is 2. The van der Waals surface area contributed by atoms with E-state index in [0.29, 0.717) is 22.7 Å². The molecule has 0 bridgehead atoms. The molecule has 1 aliphatic rings. The van der Waals surface area contributed by atoms with Crippen molar-refractivity contribution < 1.29 is 28.6 Å². The smallest absolute Gasteiger partial charge is 0.294 e. The van der Waals surface area contributed by atoms with Crippen molar-refractivity contribution in [3.05, 3.63) is 89.6 Å². The highest BCUT2D eigenvalue weighted by Crippen LogP contribution is 2.42. The molecule has 2 N–H and O–H groups in total. The lowest BCUT2D eigenvalue weighted by molar-refractivity contribution is -0.117. The molecule has 2 heterocycles. The Morgan fingerprint density at radius 3 is 2.47 bits per heavy atom. The van der Waals surface area contributed by atoms with Gasteiger partial charge < -0.3 is 19.6 Å². The van der Waals surface area contributed by atoms with E-state index in [9.17, 15) is 19.5 Å². The van der Waals surface area contributed by atoms with Crippen molar-refractivity contribution in [1.82, 2.24) is 0 Å². The Labute approximate surface area is 183 Å². The van der Waals surface area contributed by atoms with Crippen LogP contribution in [0.4, 0.5) is 11.4 Å². The fourth-order valence-electron chi connectivity index (χ4n) is 3.68. The molecule has 32 heavy (non-hydrogen) atoms. The summed E-state index contributed by atoms with van der Waals surface area (Å²) in [5, 5.41) is 13.4. The summed E-state index contributed by atoms with van der Waals surface area (Å²) in [6.45, 7) is 1.38. The number of Topliss-reactive ketones (excluding diaryl/α,β-unsaturated/α-hetero) is 1. The van der Waals surface area contributed by atoms with Crippen LogP contribution >= 0.6 is 0 Å². The number of methoxy groups -OCH3 is 1. The molecule has 8 nitrogen and oxygen atoms in total. The van der Waals surface area contributed by atoms with Crippen molar-refractivity contribution in [1.29, 1.82) is 0 Å². The molecule has 4 rings (SSSR count). The van der Waals surface area contributed by atoms with Gasteiger partial charge >= 0.3 is 0 Å². The van der Waals surface area contributed by atoms with E-state index in [1.807, 2.05) is 0 Å². The molecular formula is C24H20N2O6. The molecule has 0 radical (unpaired) electrons. The first-order valence-corrected chi connectivity index (χ1v) is 9.77. The second kappa shape index (κ2) is 8.43. The second-order valence-electron chi connectivity index (χ2n) is 7.15. The lowest BCUT2D eigenvalue weighted by Gasteiger charge is -2.27. The van der Waals surface area contributed by atoms with E-state index in [0.717, 1.165) is 0 Å². The topological polar surface area (TPSA) is 109 Å². The van der Waals surface area contributed by atoms with Crippen molar-refractivity contribution in [2.75, 3.05) is 17.3 Å². The van der Waals surface area contributed by atoms with E-state index >= 15 is 0 Å². The van der Waals surface area contributed by atoms with Crippen molar-refractivity contribution in [3.63, 3.8) is 0 Å². The Kier molecular flexibility index (Phi) is 5.51. The largest absolute Gasteiger partial charge is 0.503 e. The quantitative estimate of drug-likeness (QED) is 0.569. The Balaban J connectivity index is 1.84. The van der Waals surface area contributed by atoms with Crippen LogP contribution in [0.15, 0.2) is 82.7 Å². The lowest BCUT2D eigenvalue weighted by atomic mass is 9.94. The zero-order valence-electron chi connectivity index (χ0n) is 17.4. The van der Waals surface area contributed by atoms with Crippen LogP contribution < -0.4 is 15.0 Å². The minimum Gasteiger partial charge on any atom is -0.503 e. The third kappa shape index (κ3) is 3.74. The molecule has 2 amide bonds. The standard InChI is InChI=1S/C24H20N2O6/c1-14(27)25-16-5-3-6-17(13-16)26-21(15-8-10-18(31-2)11-9-15)20(23(29)24(26)30)22(28)19-7-4-12-32-19/h3-13,21,29H,1-2H3,(H,25,27). The summed E-state index contributed by atoms with van der Waals surface area (Å²) in [6, 6.07) is 15.6. The second-order valence-corrected chi connectivity index (χ2v) is 7.15. The first-order chi connectivity index (χ1) is 15.4. The van der Waals surface area contributed by atoms with Crippen LogP contribution in [0.3, 0.4) is 0 Å². The average molecular weight is 432 g/mol. The number of nitrogens with zero attached hydrogens (tertiary/aromatic N) is 1. The summed E-state index contributed by atoms with van der Waals surface area (Å²) < 4.78 is 10.4. The van der Waals surface area contributed by atoms with Gasteiger partial charge in [-0.2, -0.15) is 0 Å². The van der Waals surface area contributed by atoms with E-state index in [-0.39, 0.29) is 17.2 Å². The summed E-state index contributed by atoms with van der Waals surface area (Å²) in [4.78, 5) is 39.1. The van der Waals surface area contributed by atoms with Crippen molar-refractivity contribution in [3.8, 4) is 5.75 Å². The Bertz CT molecular complexity index is 1210. The third-order valence-electron chi connectivity index (χ3n) is 5.07. The lowest BCUT2D eigenvalue weighted by Crippen LogP contribution is -2.31. The normalized spacial score (nSPS) is 15.8. The molecular weight excluding hydrogens is 412 g/mol. The maximum atomic E-state index is 13.2. The van der Waals surface area contributed by atoms with Gasteiger partial charge in [-0.25, -0.2) is 0 Å². The van der Waals surface area contributed by atoms with Gasteiger partial charge in [-0.3, -0.25) is 19.3 Å². The van der Waals surface area contributed by atoms with Gasteiger partial charge in [-0.05, 0) is 48.0 Å². The minimum absolute atomic E-state index is 0.00621. The van der Waals surface area contributed by atoms with Gasteiger partial charge in [0, 0.05) is 18.3 Å². The third-order valence-corrected chi connectivity index (χ3v) is 5.07. The van der Waals surface area contributed by atoms with Gasteiger partial charge in [-0.1, -0.05) is 18.2 Å². The SMILES string of the molecule is COc1ccc(C2C(C(=O)c3ccco3)=C(O)C(=O)N2c2cccc(NC(C)=O)c2)cc1. The van der Waals surface area contributed by atoms with Gasteiger partial charge in [0.1, 0.15) is 5.75 Å². The van der Waals surface area contributed by atoms with Gasteiger partial charge in [0.05, 0.1) is 25.0 Å². The van der Waals surface area contributed by atoms with E-state index in [1.165, 1.54) is 31.3 Å². The van der Waals surface area contributed by atoms with E-state index in [1.54, 1.807) is 54.6 Å². The number of furan rings is 1. The van der Waals surface area contributed by atoms with Crippen LogP contribution in [-0.2, 0) is 9.59 Å². The highest BCUT2D eigenvalue weighted by atomic mass is 16.5. The number of carbonyl (C=O) groups excluding carboxylic acids is 3. The molecule has 0 aliphatic carbocycles. The summed E-state index contributed by atoms with van der Waals surface area (Å²) in [5.74, 6) is -1.65. The van der Waals surface area contributed by atoms with Crippen LogP contribution in [0.2, 0.25) is 0 Å². The van der Waals surface area contributed by atoms with Crippen molar-refractivity contribution in [2.45, 2.75) is 13.0 Å². The van der Waals surface area contributed by atoms with E-state index < -0.39 is 23.5 Å². The van der Waals surface area contributed by atoms with Gasteiger partial charge in [0.2, 0.25) is 11.7 Å². The molecule has 8 heteroatoms. The van der Waals surface area contributed by atoms with Crippen molar-refractivity contribution in [2.24, 2.45) is 0 Å². The maximum absolute atomic E-state index is 13.2. The minimum atomic E-state index is -0.918. The highest BCUT2D eigenvalue weighted by molar-refractivity contribution is 6.20. The highest BCUT2D eigenvalue weighted by Gasteiger charge is 2.45. The molecule has 1 unspecified atom stereocenters. The molecule has 162 valence electrons. The first kappa shape index (κ1) is 20.9. The number of hydrogen-bond donors (Lipinski definition) is 2. The van der Waals surface area contributed by atoms with E-state index in [2.05, 4.69) is 5.32 Å². The number of benzene rings is 2. The molecule has 1 aromatic heterocycles. The number of amides is 2. The van der Waals surface area contributed by atoms with Crippen molar-refractivity contribution >= 4 is 29.0 Å². The first-order valence-electron chi connectivity index (χ1n) is 9.77. The van der Waals surface area contributed by atoms with Gasteiger partial charge in [0.15, 0.2) is 11.5 Å². The molecule has 3 aromatic rings. The van der Waals surface area contributed by atoms with Gasteiger partial charge in [0.25, 0.3) is 5.91 Å². The number of aliphatic hydroxyl groups is 1. The molecule has 0 spiro atoms. The molecule has 1 atom stereocenters. The van der Waals surface area contributed by atoms with Gasteiger partial charge in [-0.15, -0.1) is 0 Å². The number of carbonyl (C=O) groups is 3. The number of nitrogens with one attached hydrogen (secondary N) is 1. The summed E-state index contributed by atoms with van der Waals surface area (Å²) in [7, 11) is 1.53. The fourth-order valence-corrected chi connectivity index (χ4v) is 3.68. The zero-order chi connectivity index (χ0) is 22.8. The number of rotatable bonds is 6. The van der Waals surface area contributed by atoms with E-state index in [4.69, 9.17) is 9.15 Å². The molecule has 2 aromatic carbocycles. The number of aliphatic hydroxyl groups excluding tert-OH is 1. The number of hydrogen-bond acceptors (Lipinski definition) is 6. The fraction of sp³-hybridized carbons (Fsp3) is 0.125. The predicted octanol–water partition coefficient (Wildman–Crippen LogP) is 4.03. The average Bonchev–Trinajstić information content (AvgIpc) is 3.41. The Morgan fingerprint density at radius 1 is 1.09 bits per heavy atom. The summed E-state index contributed by atoms with van der Waals surface area (Å²) in [5.41, 5.74) is 1.36. The number of ketones is 1. The van der Waals surface area contributed by atoms with Crippen LogP contribution in [-0.4, -0.2) is 29.8 Å². The van der Waals surface area contributed by atoms with Crippen LogP contribution in [0.1, 0.15) is 29.1 Å². The zero-order valence-corrected chi connectivity index (χ0v) is 17.4. The molecule has 0 saturated heterocycles. The monoisotopic (exact) mass is 432 g/mol. The molecule has 0 fully saturated rings. The summed E-state index contributed by atoms with van der Waals surface area (Å²) in [6.07, 6.45) is 1.35. The Hall–Kier alpha value is -4.33. The summed E-state index contributed by atoms with van der Waals surface area (Å²) >= 11 is 0. The van der Waals surface area contributed by atoms with Crippen LogP contribution in [0.25, 0.3) is 0 Å². The van der Waals surface area contributed by atoms with Crippen LogP contribution in [0, 0.1) is 0 Å². The molecule has 1 aliphatic heterocycles. The maximum Gasteiger partial charge on any atom is 0.294 e. The number of ether oxygens (including phenoxy) is 1.